The second kappa shape index (κ2) is 5.30. The van der Waals surface area contributed by atoms with Crippen molar-refractivity contribution >= 4 is 0 Å². The van der Waals surface area contributed by atoms with Gasteiger partial charge in [0.25, 0.3) is 12.0 Å². The minimum atomic E-state index is -2.50. The van der Waals surface area contributed by atoms with E-state index in [4.69, 9.17) is 0 Å². The van der Waals surface area contributed by atoms with Gasteiger partial charge < -0.3 is 4.98 Å². The number of aromatic amines is 1. The Morgan fingerprint density at radius 1 is 1.26 bits per heavy atom. The van der Waals surface area contributed by atoms with E-state index in [1.807, 2.05) is 6.92 Å². The monoisotopic (exact) mass is 264 g/mol. The molecule has 2 aromatic rings. The first-order valence-electron chi connectivity index (χ1n) is 6.01. The van der Waals surface area contributed by atoms with Crippen LogP contribution in [0.3, 0.4) is 0 Å². The number of rotatable bonds is 3. The Morgan fingerprint density at radius 2 is 1.89 bits per heavy atom. The van der Waals surface area contributed by atoms with E-state index < -0.39 is 6.43 Å². The topological polar surface area (TPSA) is 45.8 Å². The van der Waals surface area contributed by atoms with Crippen molar-refractivity contribution in [1.29, 1.82) is 0 Å². The Kier molecular flexibility index (Phi) is 3.74. The highest BCUT2D eigenvalue weighted by Crippen LogP contribution is 2.22. The van der Waals surface area contributed by atoms with Crippen molar-refractivity contribution in [2.45, 2.75) is 26.7 Å². The van der Waals surface area contributed by atoms with Crippen molar-refractivity contribution in [1.82, 2.24) is 9.97 Å². The largest absolute Gasteiger partial charge is 0.306 e. The van der Waals surface area contributed by atoms with Crippen LogP contribution in [0.1, 0.15) is 30.2 Å². The molecule has 3 nitrogen and oxygen atoms in total. The molecule has 1 N–H and O–H groups in total. The summed E-state index contributed by atoms with van der Waals surface area (Å²) in [6.45, 7) is 3.63. The molecule has 0 bridgehead atoms. The maximum atomic E-state index is 12.5. The van der Waals surface area contributed by atoms with Gasteiger partial charge in [-0.15, -0.1) is 0 Å². The van der Waals surface area contributed by atoms with Crippen molar-refractivity contribution in [3.8, 4) is 11.4 Å². The fourth-order valence-corrected chi connectivity index (χ4v) is 1.85. The van der Waals surface area contributed by atoms with Crippen molar-refractivity contribution in [3.63, 3.8) is 0 Å². The molecule has 0 spiro atoms. The Bertz CT molecular complexity index is 633. The molecule has 1 aromatic carbocycles. The molecule has 5 heteroatoms. The summed E-state index contributed by atoms with van der Waals surface area (Å²) in [5.41, 5.74) is 1.69. The van der Waals surface area contributed by atoms with Crippen LogP contribution in [0.4, 0.5) is 8.78 Å². The van der Waals surface area contributed by atoms with Crippen LogP contribution in [0.15, 0.2) is 29.1 Å². The van der Waals surface area contributed by atoms with Crippen LogP contribution in [-0.4, -0.2) is 9.97 Å². The maximum absolute atomic E-state index is 12.5. The van der Waals surface area contributed by atoms with Crippen molar-refractivity contribution < 1.29 is 8.78 Å². The predicted molar refractivity (Wildman–Crippen MR) is 69.4 cm³/mol. The predicted octanol–water partition coefficient (Wildman–Crippen LogP) is 3.25. The summed E-state index contributed by atoms with van der Waals surface area (Å²) in [4.78, 5) is 18.8. The van der Waals surface area contributed by atoms with Gasteiger partial charge in [0.05, 0.1) is 5.69 Å². The molecule has 0 atom stereocenters. The lowest BCUT2D eigenvalue weighted by Gasteiger charge is -2.07. The lowest BCUT2D eigenvalue weighted by atomic mass is 10.1. The molecule has 0 fully saturated rings. The fourth-order valence-electron chi connectivity index (χ4n) is 1.85. The van der Waals surface area contributed by atoms with E-state index in [2.05, 4.69) is 9.97 Å². The van der Waals surface area contributed by atoms with Gasteiger partial charge in [-0.2, -0.15) is 0 Å². The van der Waals surface area contributed by atoms with Crippen LogP contribution < -0.4 is 5.56 Å². The molecular weight excluding hydrogens is 250 g/mol. The average molecular weight is 264 g/mol. The Hall–Kier alpha value is -2.04. The first-order valence-corrected chi connectivity index (χ1v) is 6.01. The summed E-state index contributed by atoms with van der Waals surface area (Å²) in [6.07, 6.45) is -1.84. The molecule has 0 radical (unpaired) electrons. The molecule has 0 saturated carbocycles. The third-order valence-corrected chi connectivity index (χ3v) is 3.02. The number of halogens is 2. The maximum Gasteiger partial charge on any atom is 0.263 e. The normalized spacial score (nSPS) is 11.0. The summed E-state index contributed by atoms with van der Waals surface area (Å²) in [5, 5.41) is 0. The number of nitrogens with zero attached hydrogens (tertiary/aromatic N) is 1. The van der Waals surface area contributed by atoms with Gasteiger partial charge in [0.15, 0.2) is 0 Å². The third kappa shape index (κ3) is 2.70. The zero-order valence-corrected chi connectivity index (χ0v) is 10.7. The SMILES string of the molecule is CCc1nc(-c2ccc(C(F)F)cc2)[nH]c(=O)c1C. The minimum Gasteiger partial charge on any atom is -0.306 e. The standard InChI is InChI=1S/C14H14F2N2O/c1-3-11-8(2)14(19)18-13(17-11)10-6-4-9(5-7-10)12(15)16/h4-7,12H,3H2,1-2H3,(H,17,18,19). The lowest BCUT2D eigenvalue weighted by Crippen LogP contribution is -2.15. The van der Waals surface area contributed by atoms with Gasteiger partial charge >= 0.3 is 0 Å². The van der Waals surface area contributed by atoms with Gasteiger partial charge in [-0.05, 0) is 13.3 Å². The third-order valence-electron chi connectivity index (χ3n) is 3.02. The number of aromatic nitrogens is 2. The number of hydrogen-bond donors (Lipinski definition) is 1. The van der Waals surface area contributed by atoms with Gasteiger partial charge in [0, 0.05) is 16.7 Å². The molecular formula is C14H14F2N2O. The van der Waals surface area contributed by atoms with E-state index in [1.165, 1.54) is 24.3 Å². The minimum absolute atomic E-state index is 0.0473. The lowest BCUT2D eigenvalue weighted by molar-refractivity contribution is 0.151. The van der Waals surface area contributed by atoms with E-state index in [9.17, 15) is 13.6 Å². The summed E-state index contributed by atoms with van der Waals surface area (Å²) < 4.78 is 24.9. The second-order valence-electron chi connectivity index (χ2n) is 4.26. The highest BCUT2D eigenvalue weighted by molar-refractivity contribution is 5.55. The summed E-state index contributed by atoms with van der Waals surface area (Å²) in [5.74, 6) is 0.410. The van der Waals surface area contributed by atoms with Gasteiger partial charge in [0.2, 0.25) is 0 Å². The number of H-pyrrole nitrogens is 1. The van der Waals surface area contributed by atoms with Gasteiger partial charge in [0.1, 0.15) is 5.82 Å². The smallest absolute Gasteiger partial charge is 0.263 e. The van der Waals surface area contributed by atoms with Crippen LogP contribution in [0, 0.1) is 6.92 Å². The molecule has 0 aliphatic rings. The van der Waals surface area contributed by atoms with Crippen molar-refractivity contribution in [3.05, 3.63) is 51.4 Å². The second-order valence-corrected chi connectivity index (χ2v) is 4.26. The number of alkyl halides is 2. The highest BCUT2D eigenvalue weighted by atomic mass is 19.3. The van der Waals surface area contributed by atoms with Crippen molar-refractivity contribution in [2.75, 3.05) is 0 Å². The highest BCUT2D eigenvalue weighted by Gasteiger charge is 2.10. The van der Waals surface area contributed by atoms with E-state index in [0.29, 0.717) is 23.4 Å². The Morgan fingerprint density at radius 3 is 2.42 bits per heavy atom. The van der Waals surface area contributed by atoms with Crippen LogP contribution in [-0.2, 0) is 6.42 Å². The van der Waals surface area contributed by atoms with E-state index in [0.717, 1.165) is 5.69 Å². The van der Waals surface area contributed by atoms with Gasteiger partial charge in [-0.1, -0.05) is 31.2 Å². The molecule has 100 valence electrons. The first-order chi connectivity index (χ1) is 9.02. The first kappa shape index (κ1) is 13.4. The van der Waals surface area contributed by atoms with Gasteiger partial charge in [-0.25, -0.2) is 13.8 Å². The number of aryl methyl sites for hydroxylation is 1. The summed E-state index contributed by atoms with van der Waals surface area (Å²) >= 11 is 0. The van der Waals surface area contributed by atoms with E-state index in [1.54, 1.807) is 6.92 Å². The number of benzene rings is 1. The Labute approximate surface area is 109 Å². The quantitative estimate of drug-likeness (QED) is 0.925. The molecule has 2 rings (SSSR count). The fraction of sp³-hybridized carbons (Fsp3) is 0.286. The zero-order valence-electron chi connectivity index (χ0n) is 10.7. The van der Waals surface area contributed by atoms with Crippen molar-refractivity contribution in [2.24, 2.45) is 0 Å². The number of hydrogen-bond acceptors (Lipinski definition) is 2. The molecule has 1 heterocycles. The van der Waals surface area contributed by atoms with E-state index >= 15 is 0 Å². The molecule has 1 aromatic heterocycles. The zero-order chi connectivity index (χ0) is 14.0. The van der Waals surface area contributed by atoms with Gasteiger partial charge in [-0.3, -0.25) is 4.79 Å². The number of nitrogens with one attached hydrogen (secondary N) is 1. The summed E-state index contributed by atoms with van der Waals surface area (Å²) in [7, 11) is 0. The van der Waals surface area contributed by atoms with E-state index in [-0.39, 0.29) is 11.1 Å². The van der Waals surface area contributed by atoms with Crippen LogP contribution in [0.2, 0.25) is 0 Å². The Balaban J connectivity index is 2.47. The molecule has 0 unspecified atom stereocenters. The van der Waals surface area contributed by atoms with Crippen LogP contribution in [0.25, 0.3) is 11.4 Å². The average Bonchev–Trinajstić information content (AvgIpc) is 2.41. The molecule has 0 aliphatic heterocycles. The van der Waals surface area contributed by atoms with Crippen LogP contribution >= 0.6 is 0 Å². The summed E-state index contributed by atoms with van der Waals surface area (Å²) in [6, 6.07) is 5.75. The molecule has 19 heavy (non-hydrogen) atoms. The molecule has 0 amide bonds. The van der Waals surface area contributed by atoms with Crippen LogP contribution in [0.5, 0.6) is 0 Å². The molecule has 0 aliphatic carbocycles. The molecule has 0 saturated heterocycles.